The Labute approximate surface area is 208 Å². The molecule has 3 amide bonds. The second kappa shape index (κ2) is 9.26. The quantitative estimate of drug-likeness (QED) is 0.550. The van der Waals surface area contributed by atoms with Crippen LogP contribution >= 0.6 is 0 Å². The molecule has 9 nitrogen and oxygen atoms in total. The standard InChI is InChI=1S/C27H25N3O6/c1-34-17-10-8-16(9-11-17)14-28-22(31)15-29-25-19-12-13-21(35-2)24(36-3)23(19)27(33)30(25)20-7-5-4-6-18(20)26(29)32/h4-13,25H,14-15H2,1-3H3,(H,28,31). The molecule has 5 rings (SSSR count). The van der Waals surface area contributed by atoms with Gasteiger partial charge < -0.3 is 24.4 Å². The third kappa shape index (κ3) is 3.69. The molecule has 0 fully saturated rings. The summed E-state index contributed by atoms with van der Waals surface area (Å²) < 4.78 is 16.1. The van der Waals surface area contributed by atoms with Crippen molar-refractivity contribution in [2.75, 3.05) is 32.8 Å². The summed E-state index contributed by atoms with van der Waals surface area (Å²) in [4.78, 5) is 43.2. The number of hydrogen-bond donors (Lipinski definition) is 1. The van der Waals surface area contributed by atoms with Crippen LogP contribution in [0, 0.1) is 0 Å². The molecule has 3 aromatic carbocycles. The van der Waals surface area contributed by atoms with Gasteiger partial charge in [0.15, 0.2) is 11.5 Å². The van der Waals surface area contributed by atoms with E-state index in [1.807, 2.05) is 24.3 Å². The van der Waals surface area contributed by atoms with Gasteiger partial charge in [0.05, 0.1) is 38.1 Å². The van der Waals surface area contributed by atoms with Crippen LogP contribution in [0.15, 0.2) is 60.7 Å². The second-order valence-corrected chi connectivity index (χ2v) is 8.39. The van der Waals surface area contributed by atoms with Crippen molar-refractivity contribution in [1.82, 2.24) is 10.2 Å². The summed E-state index contributed by atoms with van der Waals surface area (Å²) >= 11 is 0. The zero-order valence-electron chi connectivity index (χ0n) is 20.1. The maximum absolute atomic E-state index is 13.7. The van der Waals surface area contributed by atoms with Gasteiger partial charge in [-0.1, -0.05) is 30.3 Å². The largest absolute Gasteiger partial charge is 0.497 e. The molecule has 2 aliphatic rings. The number of benzene rings is 3. The van der Waals surface area contributed by atoms with Crippen molar-refractivity contribution in [3.8, 4) is 17.2 Å². The first kappa shape index (κ1) is 23.2. The average molecular weight is 488 g/mol. The number of ether oxygens (including phenoxy) is 3. The van der Waals surface area contributed by atoms with E-state index < -0.39 is 6.17 Å². The molecule has 0 saturated carbocycles. The minimum Gasteiger partial charge on any atom is -0.497 e. The number of amides is 3. The van der Waals surface area contributed by atoms with E-state index in [2.05, 4.69) is 5.32 Å². The Bertz CT molecular complexity index is 1350. The van der Waals surface area contributed by atoms with Crippen molar-refractivity contribution >= 4 is 23.4 Å². The molecule has 2 heterocycles. The maximum atomic E-state index is 13.7. The van der Waals surface area contributed by atoms with Crippen molar-refractivity contribution in [3.63, 3.8) is 0 Å². The van der Waals surface area contributed by atoms with Crippen LogP contribution in [0.1, 0.15) is 38.0 Å². The van der Waals surface area contributed by atoms with Crippen LogP contribution in [0.3, 0.4) is 0 Å². The summed E-state index contributed by atoms with van der Waals surface area (Å²) in [6.45, 7) is 0.0575. The maximum Gasteiger partial charge on any atom is 0.264 e. The van der Waals surface area contributed by atoms with E-state index >= 15 is 0 Å². The van der Waals surface area contributed by atoms with Gasteiger partial charge in [-0.05, 0) is 35.9 Å². The summed E-state index contributed by atoms with van der Waals surface area (Å²) in [6, 6.07) is 17.7. The van der Waals surface area contributed by atoms with E-state index in [-0.39, 0.29) is 30.8 Å². The topological polar surface area (TPSA) is 97.4 Å². The van der Waals surface area contributed by atoms with Gasteiger partial charge in [0, 0.05) is 12.1 Å². The Kier molecular flexibility index (Phi) is 5.97. The highest BCUT2D eigenvalue weighted by atomic mass is 16.5. The fourth-order valence-electron chi connectivity index (χ4n) is 4.74. The van der Waals surface area contributed by atoms with E-state index in [1.54, 1.807) is 48.4 Å². The fraction of sp³-hybridized carbons (Fsp3) is 0.222. The number of fused-ring (bicyclic) bond motifs is 5. The molecule has 0 radical (unpaired) electrons. The fourth-order valence-corrected chi connectivity index (χ4v) is 4.74. The number of methoxy groups -OCH3 is 3. The molecule has 184 valence electrons. The first-order valence-corrected chi connectivity index (χ1v) is 11.4. The first-order valence-electron chi connectivity index (χ1n) is 11.4. The highest BCUT2D eigenvalue weighted by Gasteiger charge is 2.50. The van der Waals surface area contributed by atoms with Gasteiger partial charge in [-0.25, -0.2) is 0 Å². The highest BCUT2D eigenvalue weighted by molar-refractivity contribution is 6.18. The van der Waals surface area contributed by atoms with E-state index in [4.69, 9.17) is 14.2 Å². The lowest BCUT2D eigenvalue weighted by atomic mass is 10.0. The van der Waals surface area contributed by atoms with Gasteiger partial charge in [0.2, 0.25) is 5.91 Å². The SMILES string of the molecule is COc1ccc(CNC(=O)CN2C(=O)c3ccccc3N3C(=O)c4c(ccc(OC)c4OC)C23)cc1. The minimum absolute atomic E-state index is 0.231. The smallest absolute Gasteiger partial charge is 0.264 e. The van der Waals surface area contributed by atoms with Gasteiger partial charge in [-0.15, -0.1) is 0 Å². The number of nitrogens with one attached hydrogen (secondary N) is 1. The molecule has 9 heteroatoms. The van der Waals surface area contributed by atoms with Crippen LogP contribution in [0.4, 0.5) is 5.69 Å². The lowest BCUT2D eigenvalue weighted by Crippen LogP contribution is -2.51. The number of carbonyl (C=O) groups excluding carboxylic acids is 3. The zero-order chi connectivity index (χ0) is 25.4. The third-order valence-electron chi connectivity index (χ3n) is 6.45. The van der Waals surface area contributed by atoms with Crippen LogP contribution in [0.5, 0.6) is 17.2 Å². The van der Waals surface area contributed by atoms with Crippen LogP contribution in [-0.2, 0) is 11.3 Å². The number of carbonyl (C=O) groups is 3. The Balaban J connectivity index is 1.48. The van der Waals surface area contributed by atoms with Crippen LogP contribution in [0.25, 0.3) is 0 Å². The Morgan fingerprint density at radius 1 is 0.889 bits per heavy atom. The molecule has 0 bridgehead atoms. The highest BCUT2D eigenvalue weighted by Crippen LogP contribution is 2.49. The summed E-state index contributed by atoms with van der Waals surface area (Å²) in [5.74, 6) is 0.423. The van der Waals surface area contributed by atoms with E-state index in [9.17, 15) is 14.4 Å². The molecule has 2 aliphatic heterocycles. The van der Waals surface area contributed by atoms with Gasteiger partial charge >= 0.3 is 0 Å². The van der Waals surface area contributed by atoms with Crippen LogP contribution in [-0.4, -0.2) is 50.5 Å². The third-order valence-corrected chi connectivity index (χ3v) is 6.45. The average Bonchev–Trinajstić information content (AvgIpc) is 3.21. The van der Waals surface area contributed by atoms with E-state index in [0.29, 0.717) is 33.9 Å². The molecule has 3 aromatic rings. The van der Waals surface area contributed by atoms with Crippen LogP contribution < -0.4 is 24.4 Å². The van der Waals surface area contributed by atoms with Crippen molar-refractivity contribution < 1.29 is 28.6 Å². The van der Waals surface area contributed by atoms with Crippen molar-refractivity contribution in [1.29, 1.82) is 0 Å². The monoisotopic (exact) mass is 487 g/mol. The molecule has 1 N–H and O–H groups in total. The lowest BCUT2D eigenvalue weighted by Gasteiger charge is -2.40. The van der Waals surface area contributed by atoms with Crippen molar-refractivity contribution in [2.45, 2.75) is 12.7 Å². The lowest BCUT2D eigenvalue weighted by molar-refractivity contribution is -0.122. The summed E-state index contributed by atoms with van der Waals surface area (Å²) in [5.41, 5.74) is 2.62. The van der Waals surface area contributed by atoms with Gasteiger partial charge in [0.1, 0.15) is 18.5 Å². The molecule has 0 saturated heterocycles. The predicted octanol–water partition coefficient (Wildman–Crippen LogP) is 3.14. The Morgan fingerprint density at radius 3 is 2.33 bits per heavy atom. The predicted molar refractivity (Wildman–Crippen MR) is 131 cm³/mol. The second-order valence-electron chi connectivity index (χ2n) is 8.39. The normalized spacial score (nSPS) is 15.7. The van der Waals surface area contributed by atoms with Gasteiger partial charge in [-0.3, -0.25) is 19.3 Å². The van der Waals surface area contributed by atoms with Gasteiger partial charge in [0.25, 0.3) is 11.8 Å². The van der Waals surface area contributed by atoms with E-state index in [0.717, 1.165) is 11.3 Å². The number of rotatable bonds is 7. The number of hydrogen-bond acceptors (Lipinski definition) is 6. The Hall–Kier alpha value is -4.53. The zero-order valence-corrected chi connectivity index (χ0v) is 20.1. The minimum atomic E-state index is -0.790. The molecule has 0 spiro atoms. The number of anilines is 1. The van der Waals surface area contributed by atoms with Gasteiger partial charge in [-0.2, -0.15) is 0 Å². The summed E-state index contributed by atoms with van der Waals surface area (Å²) in [7, 11) is 4.55. The molecular weight excluding hydrogens is 462 g/mol. The Morgan fingerprint density at radius 2 is 1.64 bits per heavy atom. The summed E-state index contributed by atoms with van der Waals surface area (Å²) in [6.07, 6.45) is -0.790. The first-order chi connectivity index (χ1) is 17.5. The van der Waals surface area contributed by atoms with E-state index in [1.165, 1.54) is 19.1 Å². The summed E-state index contributed by atoms with van der Waals surface area (Å²) in [5, 5.41) is 2.86. The van der Waals surface area contributed by atoms with Crippen molar-refractivity contribution in [2.24, 2.45) is 0 Å². The molecule has 1 unspecified atom stereocenters. The number of nitrogens with zero attached hydrogens (tertiary/aromatic N) is 2. The van der Waals surface area contributed by atoms with Crippen molar-refractivity contribution in [3.05, 3.63) is 82.9 Å². The molecule has 1 atom stereocenters. The molecular formula is C27H25N3O6. The molecule has 0 aromatic heterocycles. The number of para-hydroxylation sites is 1. The molecule has 0 aliphatic carbocycles. The molecule has 36 heavy (non-hydrogen) atoms. The van der Waals surface area contributed by atoms with Crippen LogP contribution in [0.2, 0.25) is 0 Å².